The summed E-state index contributed by atoms with van der Waals surface area (Å²) >= 11 is 5.93. The van der Waals surface area contributed by atoms with Crippen LogP contribution in [0.15, 0.2) is 30.5 Å². The van der Waals surface area contributed by atoms with Gasteiger partial charge in [0.15, 0.2) is 5.60 Å². The molecule has 0 saturated heterocycles. The molecule has 0 saturated carbocycles. The Morgan fingerprint density at radius 3 is 2.76 bits per heavy atom. The number of aromatic nitrogens is 1. The van der Waals surface area contributed by atoms with Crippen molar-refractivity contribution in [2.45, 2.75) is 19.1 Å². The van der Waals surface area contributed by atoms with Gasteiger partial charge in [-0.05, 0) is 30.5 Å². The van der Waals surface area contributed by atoms with Crippen LogP contribution >= 0.6 is 11.6 Å². The Bertz CT molecular complexity index is 693. The van der Waals surface area contributed by atoms with E-state index in [1.54, 1.807) is 22.9 Å². The lowest BCUT2D eigenvalue weighted by atomic mass is 10.1. The monoisotopic (exact) mass is 310 g/mol. The first-order valence-corrected chi connectivity index (χ1v) is 6.64. The van der Waals surface area contributed by atoms with Crippen molar-refractivity contribution in [3.63, 3.8) is 0 Å². The number of amides is 1. The van der Waals surface area contributed by atoms with Crippen LogP contribution in [0.5, 0.6) is 0 Å². The summed E-state index contributed by atoms with van der Waals surface area (Å²) in [5.41, 5.74) is -1.18. The smallest absolute Gasteiger partial charge is 0.337 e. The van der Waals surface area contributed by atoms with E-state index in [0.717, 1.165) is 17.8 Å². The maximum Gasteiger partial charge on any atom is 0.337 e. The number of hydrogen-bond donors (Lipinski definition) is 3. The largest absolute Gasteiger partial charge is 0.479 e. The van der Waals surface area contributed by atoms with Gasteiger partial charge in [0, 0.05) is 16.7 Å². The van der Waals surface area contributed by atoms with Crippen LogP contribution in [-0.2, 0) is 16.1 Å². The minimum atomic E-state index is -1.99. The topological polar surface area (TPSA) is 91.6 Å². The molecule has 1 aromatic heterocycles. The summed E-state index contributed by atoms with van der Waals surface area (Å²) in [6.45, 7) is 0.779. The highest BCUT2D eigenvalue weighted by Crippen LogP contribution is 2.20. The van der Waals surface area contributed by atoms with Crippen molar-refractivity contribution in [1.82, 2.24) is 9.88 Å². The van der Waals surface area contributed by atoms with Crippen molar-refractivity contribution < 1.29 is 19.8 Å². The molecule has 2 rings (SSSR count). The second-order valence-electron chi connectivity index (χ2n) is 5.00. The van der Waals surface area contributed by atoms with E-state index < -0.39 is 17.5 Å². The summed E-state index contributed by atoms with van der Waals surface area (Å²) in [6.07, 6.45) is 1.75. The SMILES string of the molecule is CC(O)(CNC(=O)Cn1ccc2ccc(Cl)cc21)C(=O)O. The fourth-order valence-electron chi connectivity index (χ4n) is 1.85. The number of carbonyl (C=O) groups is 2. The Labute approximate surface area is 125 Å². The van der Waals surface area contributed by atoms with E-state index in [-0.39, 0.29) is 13.1 Å². The number of nitrogens with one attached hydrogen (secondary N) is 1. The van der Waals surface area contributed by atoms with Crippen LogP contribution in [0.1, 0.15) is 6.92 Å². The first-order chi connectivity index (χ1) is 9.79. The fourth-order valence-corrected chi connectivity index (χ4v) is 2.02. The minimum absolute atomic E-state index is 0.0134. The van der Waals surface area contributed by atoms with Crippen LogP contribution in [0.2, 0.25) is 5.02 Å². The molecule has 0 fully saturated rings. The van der Waals surface area contributed by atoms with Gasteiger partial charge in [0.1, 0.15) is 6.54 Å². The van der Waals surface area contributed by atoms with Gasteiger partial charge in [0.2, 0.25) is 5.91 Å². The predicted molar refractivity (Wildman–Crippen MR) is 78.2 cm³/mol. The molecule has 1 heterocycles. The average Bonchev–Trinajstić information content (AvgIpc) is 2.79. The summed E-state index contributed by atoms with van der Waals surface area (Å²) < 4.78 is 1.70. The highest BCUT2D eigenvalue weighted by Gasteiger charge is 2.30. The molecule has 0 aliphatic rings. The van der Waals surface area contributed by atoms with Gasteiger partial charge >= 0.3 is 5.97 Å². The number of rotatable bonds is 5. The molecule has 0 bridgehead atoms. The van der Waals surface area contributed by atoms with E-state index in [1.165, 1.54) is 0 Å². The first-order valence-electron chi connectivity index (χ1n) is 6.26. The zero-order valence-electron chi connectivity index (χ0n) is 11.3. The van der Waals surface area contributed by atoms with Crippen LogP contribution < -0.4 is 5.32 Å². The quantitative estimate of drug-likeness (QED) is 0.775. The highest BCUT2D eigenvalue weighted by atomic mass is 35.5. The van der Waals surface area contributed by atoms with Crippen LogP contribution in [0.25, 0.3) is 10.9 Å². The molecule has 0 aliphatic carbocycles. The summed E-state index contributed by atoms with van der Waals surface area (Å²) in [5.74, 6) is -1.78. The Kier molecular flexibility index (Phi) is 4.20. The van der Waals surface area contributed by atoms with Gasteiger partial charge in [0.05, 0.1) is 6.54 Å². The number of nitrogens with zero attached hydrogens (tertiary/aromatic N) is 1. The van der Waals surface area contributed by atoms with Gasteiger partial charge in [0.25, 0.3) is 0 Å². The molecule has 21 heavy (non-hydrogen) atoms. The Hall–Kier alpha value is -2.05. The second kappa shape index (κ2) is 5.75. The summed E-state index contributed by atoms with van der Waals surface area (Å²) in [4.78, 5) is 22.6. The van der Waals surface area contributed by atoms with E-state index in [4.69, 9.17) is 16.7 Å². The molecule has 112 valence electrons. The van der Waals surface area contributed by atoms with Gasteiger partial charge in [-0.3, -0.25) is 4.79 Å². The number of halogens is 1. The van der Waals surface area contributed by atoms with Crippen molar-refractivity contribution in [1.29, 1.82) is 0 Å². The summed E-state index contributed by atoms with van der Waals surface area (Å²) in [5, 5.41) is 22.2. The molecule has 3 N–H and O–H groups in total. The van der Waals surface area contributed by atoms with Crippen LogP contribution in [0.4, 0.5) is 0 Å². The summed E-state index contributed by atoms with van der Waals surface area (Å²) in [7, 11) is 0. The second-order valence-corrected chi connectivity index (χ2v) is 5.44. The number of benzene rings is 1. The van der Waals surface area contributed by atoms with Crippen molar-refractivity contribution in [3.8, 4) is 0 Å². The molecule has 0 radical (unpaired) electrons. The van der Waals surface area contributed by atoms with Crippen molar-refractivity contribution >= 4 is 34.4 Å². The average molecular weight is 311 g/mol. The maximum absolute atomic E-state index is 11.8. The lowest BCUT2D eigenvalue weighted by Crippen LogP contribution is -2.47. The Balaban J connectivity index is 2.05. The van der Waals surface area contributed by atoms with Gasteiger partial charge in [-0.2, -0.15) is 0 Å². The van der Waals surface area contributed by atoms with E-state index in [1.807, 2.05) is 12.1 Å². The maximum atomic E-state index is 11.8. The van der Waals surface area contributed by atoms with E-state index in [9.17, 15) is 14.7 Å². The highest BCUT2D eigenvalue weighted by molar-refractivity contribution is 6.31. The Morgan fingerprint density at radius 1 is 1.38 bits per heavy atom. The Morgan fingerprint density at radius 2 is 2.10 bits per heavy atom. The summed E-state index contributed by atoms with van der Waals surface area (Å²) in [6, 6.07) is 7.21. The number of carboxylic acids is 1. The standard InChI is InChI=1S/C14H15ClN2O4/c1-14(21,13(19)20)8-16-12(18)7-17-5-4-9-2-3-10(15)6-11(9)17/h2-6,21H,7-8H2,1H3,(H,16,18)(H,19,20). The number of aliphatic carboxylic acids is 1. The normalized spacial score (nSPS) is 13.9. The predicted octanol–water partition coefficient (Wildman–Crippen LogP) is 1.25. The van der Waals surface area contributed by atoms with Gasteiger partial charge in [-0.25, -0.2) is 4.79 Å². The van der Waals surface area contributed by atoms with Crippen molar-refractivity contribution in [2.24, 2.45) is 0 Å². The minimum Gasteiger partial charge on any atom is -0.479 e. The van der Waals surface area contributed by atoms with Crippen molar-refractivity contribution in [3.05, 3.63) is 35.5 Å². The lowest BCUT2D eigenvalue weighted by molar-refractivity contribution is -0.156. The third-order valence-corrected chi connectivity index (χ3v) is 3.38. The van der Waals surface area contributed by atoms with E-state index in [0.29, 0.717) is 5.02 Å². The number of carboxylic acid groups (broad SMARTS) is 1. The van der Waals surface area contributed by atoms with Gasteiger partial charge < -0.3 is 20.1 Å². The molecule has 1 amide bonds. The van der Waals surface area contributed by atoms with Crippen LogP contribution in [-0.4, -0.2) is 38.8 Å². The molecule has 7 heteroatoms. The molecule has 0 aliphatic heterocycles. The molecule has 2 aromatic rings. The molecule has 1 aromatic carbocycles. The third kappa shape index (κ3) is 3.53. The first kappa shape index (κ1) is 15.3. The molecule has 6 nitrogen and oxygen atoms in total. The zero-order chi connectivity index (χ0) is 15.6. The molecule has 1 atom stereocenters. The zero-order valence-corrected chi connectivity index (χ0v) is 12.1. The molecule has 1 unspecified atom stereocenters. The van der Waals surface area contributed by atoms with Crippen LogP contribution in [0.3, 0.4) is 0 Å². The number of fused-ring (bicyclic) bond motifs is 1. The van der Waals surface area contributed by atoms with Gasteiger partial charge in [-0.15, -0.1) is 0 Å². The van der Waals surface area contributed by atoms with E-state index in [2.05, 4.69) is 5.32 Å². The molecule has 0 spiro atoms. The van der Waals surface area contributed by atoms with Crippen LogP contribution in [0, 0.1) is 0 Å². The fraction of sp³-hybridized carbons (Fsp3) is 0.286. The lowest BCUT2D eigenvalue weighted by Gasteiger charge is -2.18. The molecular weight excluding hydrogens is 296 g/mol. The number of aliphatic hydroxyl groups is 1. The molecular formula is C14H15ClN2O4. The van der Waals surface area contributed by atoms with E-state index >= 15 is 0 Å². The number of hydrogen-bond acceptors (Lipinski definition) is 3. The van der Waals surface area contributed by atoms with Crippen molar-refractivity contribution in [2.75, 3.05) is 6.54 Å². The number of carbonyl (C=O) groups excluding carboxylic acids is 1. The van der Waals surface area contributed by atoms with Gasteiger partial charge in [-0.1, -0.05) is 17.7 Å². The third-order valence-electron chi connectivity index (χ3n) is 3.14.